The molecule has 0 aliphatic rings. The molecule has 3 amide bonds. The number of benzene rings is 1. The average Bonchev–Trinajstić information content (AvgIpc) is 2.42. The molecular formula is C13H14F3N3O3. The number of nitrogens with one attached hydrogen (secondary N) is 3. The van der Waals surface area contributed by atoms with Gasteiger partial charge in [0.25, 0.3) is 5.91 Å². The zero-order chi connectivity index (χ0) is 16.8. The molecule has 0 bridgehead atoms. The van der Waals surface area contributed by atoms with Crippen LogP contribution in [0.4, 0.5) is 18.9 Å². The van der Waals surface area contributed by atoms with Crippen molar-refractivity contribution in [2.24, 2.45) is 0 Å². The molecule has 120 valence electrons. The Morgan fingerprint density at radius 2 is 1.55 bits per heavy atom. The zero-order valence-electron chi connectivity index (χ0n) is 11.6. The topological polar surface area (TPSA) is 87.3 Å². The van der Waals surface area contributed by atoms with Crippen LogP contribution >= 0.6 is 0 Å². The number of carbonyl (C=O) groups is 3. The van der Waals surface area contributed by atoms with Gasteiger partial charge in [0.1, 0.15) is 0 Å². The molecule has 0 heterocycles. The van der Waals surface area contributed by atoms with Gasteiger partial charge in [-0.05, 0) is 24.3 Å². The highest BCUT2D eigenvalue weighted by atomic mass is 19.4. The van der Waals surface area contributed by atoms with Crippen LogP contribution in [-0.4, -0.2) is 37.0 Å². The first-order valence-corrected chi connectivity index (χ1v) is 6.21. The van der Waals surface area contributed by atoms with Gasteiger partial charge >= 0.3 is 12.1 Å². The second-order valence-electron chi connectivity index (χ2n) is 4.27. The third kappa shape index (κ3) is 5.81. The highest BCUT2D eigenvalue weighted by Gasteiger charge is 2.38. The minimum absolute atomic E-state index is 0.145. The number of halogens is 3. The molecule has 0 unspecified atom stereocenters. The van der Waals surface area contributed by atoms with E-state index in [1.54, 1.807) is 5.32 Å². The zero-order valence-corrected chi connectivity index (χ0v) is 11.6. The fourth-order valence-electron chi connectivity index (χ4n) is 1.46. The van der Waals surface area contributed by atoms with E-state index < -0.39 is 18.0 Å². The van der Waals surface area contributed by atoms with Crippen molar-refractivity contribution in [1.82, 2.24) is 10.6 Å². The van der Waals surface area contributed by atoms with Gasteiger partial charge in [0.2, 0.25) is 5.91 Å². The molecule has 22 heavy (non-hydrogen) atoms. The summed E-state index contributed by atoms with van der Waals surface area (Å²) >= 11 is 0. The summed E-state index contributed by atoms with van der Waals surface area (Å²) in [5.41, 5.74) is 0.790. The Hall–Kier alpha value is -2.58. The van der Waals surface area contributed by atoms with Gasteiger partial charge < -0.3 is 16.0 Å². The van der Waals surface area contributed by atoms with Crippen LogP contribution in [0.1, 0.15) is 17.3 Å². The van der Waals surface area contributed by atoms with Crippen molar-refractivity contribution in [3.63, 3.8) is 0 Å². The fourth-order valence-corrected chi connectivity index (χ4v) is 1.46. The lowest BCUT2D eigenvalue weighted by Gasteiger charge is -2.09. The molecule has 0 atom stereocenters. The first-order valence-electron chi connectivity index (χ1n) is 6.21. The Morgan fingerprint density at radius 3 is 2.05 bits per heavy atom. The van der Waals surface area contributed by atoms with Gasteiger partial charge in [0, 0.05) is 31.3 Å². The molecule has 0 aliphatic heterocycles. The Labute approximate surface area is 124 Å². The molecule has 0 aliphatic carbocycles. The summed E-state index contributed by atoms with van der Waals surface area (Å²) in [4.78, 5) is 33.0. The van der Waals surface area contributed by atoms with Crippen LogP contribution in [0.15, 0.2) is 24.3 Å². The number of alkyl halides is 3. The van der Waals surface area contributed by atoms with Gasteiger partial charge in [-0.25, -0.2) is 0 Å². The summed E-state index contributed by atoms with van der Waals surface area (Å²) in [5, 5.41) is 6.52. The number of amides is 3. The molecule has 9 heteroatoms. The second kappa shape index (κ2) is 7.43. The minimum Gasteiger partial charge on any atom is -0.350 e. The molecule has 1 aromatic carbocycles. The molecule has 6 nitrogen and oxygen atoms in total. The molecular weight excluding hydrogens is 303 g/mol. The quantitative estimate of drug-likeness (QED) is 0.710. The standard InChI is InChI=1S/C13H14F3N3O3/c1-8(20)19-10-4-2-9(3-5-10)11(21)17-6-7-18-12(22)13(14,15)16/h2-5H,6-7H2,1H3,(H,17,21)(H,18,22)(H,19,20). The van der Waals surface area contributed by atoms with Crippen LogP contribution in [0.5, 0.6) is 0 Å². The van der Waals surface area contributed by atoms with E-state index >= 15 is 0 Å². The highest BCUT2D eigenvalue weighted by Crippen LogP contribution is 2.13. The van der Waals surface area contributed by atoms with E-state index in [1.807, 2.05) is 0 Å². The summed E-state index contributed by atoms with van der Waals surface area (Å²) in [7, 11) is 0. The van der Waals surface area contributed by atoms with Gasteiger partial charge in [-0.1, -0.05) is 0 Å². The monoisotopic (exact) mass is 317 g/mol. The van der Waals surface area contributed by atoms with Crippen LogP contribution in [0.2, 0.25) is 0 Å². The highest BCUT2D eigenvalue weighted by molar-refractivity contribution is 5.95. The maximum atomic E-state index is 11.9. The Morgan fingerprint density at radius 1 is 1.00 bits per heavy atom. The number of carbonyl (C=O) groups excluding carboxylic acids is 3. The molecule has 1 aromatic rings. The predicted octanol–water partition coefficient (Wildman–Crippen LogP) is 1.05. The molecule has 0 spiro atoms. The first kappa shape index (κ1) is 17.5. The summed E-state index contributed by atoms with van der Waals surface area (Å²) < 4.78 is 35.7. The summed E-state index contributed by atoms with van der Waals surface area (Å²) in [6, 6.07) is 5.94. The predicted molar refractivity (Wildman–Crippen MR) is 72.1 cm³/mol. The lowest BCUT2D eigenvalue weighted by molar-refractivity contribution is -0.173. The van der Waals surface area contributed by atoms with Gasteiger partial charge in [0.05, 0.1) is 0 Å². The Balaban J connectivity index is 2.40. The van der Waals surface area contributed by atoms with E-state index in [9.17, 15) is 27.6 Å². The van der Waals surface area contributed by atoms with Crippen molar-refractivity contribution in [2.45, 2.75) is 13.1 Å². The van der Waals surface area contributed by atoms with E-state index in [0.717, 1.165) is 0 Å². The third-order valence-electron chi connectivity index (χ3n) is 2.42. The molecule has 0 saturated heterocycles. The minimum atomic E-state index is -4.94. The van der Waals surface area contributed by atoms with Crippen LogP contribution in [0.25, 0.3) is 0 Å². The average molecular weight is 317 g/mol. The van der Waals surface area contributed by atoms with Gasteiger partial charge in [-0.2, -0.15) is 13.2 Å². The van der Waals surface area contributed by atoms with Crippen LogP contribution in [-0.2, 0) is 9.59 Å². The van der Waals surface area contributed by atoms with Gasteiger partial charge in [-0.15, -0.1) is 0 Å². The molecule has 1 rings (SSSR count). The Kier molecular flexibility index (Phi) is 5.90. The number of rotatable bonds is 5. The van der Waals surface area contributed by atoms with Crippen molar-refractivity contribution < 1.29 is 27.6 Å². The molecule has 0 aromatic heterocycles. The second-order valence-corrected chi connectivity index (χ2v) is 4.27. The lowest BCUT2D eigenvalue weighted by atomic mass is 10.2. The Bertz CT molecular complexity index is 556. The number of hydrogen-bond acceptors (Lipinski definition) is 3. The van der Waals surface area contributed by atoms with Crippen molar-refractivity contribution in [3.05, 3.63) is 29.8 Å². The van der Waals surface area contributed by atoms with Crippen molar-refractivity contribution in [3.8, 4) is 0 Å². The number of anilines is 1. The van der Waals surface area contributed by atoms with E-state index in [0.29, 0.717) is 5.69 Å². The maximum absolute atomic E-state index is 11.9. The summed E-state index contributed by atoms with van der Waals surface area (Å²) in [5.74, 6) is -2.81. The van der Waals surface area contributed by atoms with E-state index in [2.05, 4.69) is 10.6 Å². The van der Waals surface area contributed by atoms with Gasteiger partial charge in [0.15, 0.2) is 0 Å². The summed E-state index contributed by atoms with van der Waals surface area (Å²) in [6.45, 7) is 0.859. The fraction of sp³-hybridized carbons (Fsp3) is 0.308. The normalized spacial score (nSPS) is 10.7. The van der Waals surface area contributed by atoms with Crippen LogP contribution < -0.4 is 16.0 Å². The maximum Gasteiger partial charge on any atom is 0.471 e. The van der Waals surface area contributed by atoms with Crippen molar-refractivity contribution in [2.75, 3.05) is 18.4 Å². The molecule has 0 saturated carbocycles. The smallest absolute Gasteiger partial charge is 0.350 e. The van der Waals surface area contributed by atoms with Crippen LogP contribution in [0, 0.1) is 0 Å². The first-order chi connectivity index (χ1) is 10.2. The largest absolute Gasteiger partial charge is 0.471 e. The van der Waals surface area contributed by atoms with Crippen molar-refractivity contribution in [1.29, 1.82) is 0 Å². The lowest BCUT2D eigenvalue weighted by Crippen LogP contribution is -2.41. The van der Waals surface area contributed by atoms with E-state index in [1.165, 1.54) is 31.2 Å². The number of hydrogen-bond donors (Lipinski definition) is 3. The molecule has 3 N–H and O–H groups in total. The van der Waals surface area contributed by atoms with Crippen molar-refractivity contribution >= 4 is 23.4 Å². The van der Waals surface area contributed by atoms with E-state index in [4.69, 9.17) is 0 Å². The summed E-state index contributed by atoms with van der Waals surface area (Å²) in [6.07, 6.45) is -4.94. The van der Waals surface area contributed by atoms with Crippen LogP contribution in [0.3, 0.4) is 0 Å². The molecule has 0 fully saturated rings. The third-order valence-corrected chi connectivity index (χ3v) is 2.42. The SMILES string of the molecule is CC(=O)Nc1ccc(C(=O)NCCNC(=O)C(F)(F)F)cc1. The van der Waals surface area contributed by atoms with E-state index in [-0.39, 0.29) is 24.6 Å². The van der Waals surface area contributed by atoms with Gasteiger partial charge in [-0.3, -0.25) is 14.4 Å². The molecule has 0 radical (unpaired) electrons.